The van der Waals surface area contributed by atoms with Gasteiger partial charge in [0.15, 0.2) is 6.61 Å². The van der Waals surface area contributed by atoms with Crippen LogP contribution in [-0.4, -0.2) is 23.4 Å². The predicted octanol–water partition coefficient (Wildman–Crippen LogP) is 4.16. The Labute approximate surface area is 173 Å². The second-order valence-corrected chi connectivity index (χ2v) is 7.43. The number of aryl methyl sites for hydroxylation is 2. The maximum absolute atomic E-state index is 12.2. The second-order valence-electron chi connectivity index (χ2n) is 7.02. The van der Waals surface area contributed by atoms with E-state index < -0.39 is 23.4 Å². The molecule has 2 aromatic rings. The highest BCUT2D eigenvalue weighted by atomic mass is 35.5. The van der Waals surface area contributed by atoms with E-state index in [9.17, 15) is 19.7 Å². The number of esters is 1. The largest absolute Gasteiger partial charge is 0.452 e. The van der Waals surface area contributed by atoms with E-state index in [4.69, 9.17) is 16.3 Å². The van der Waals surface area contributed by atoms with Gasteiger partial charge in [0.2, 0.25) is 0 Å². The zero-order chi connectivity index (χ0) is 21.0. The molecule has 1 atom stereocenters. The molecule has 0 bridgehead atoms. The molecule has 0 saturated heterocycles. The summed E-state index contributed by atoms with van der Waals surface area (Å²) >= 11 is 5.90. The standard InChI is InChI=1S/C21H21ClN2O5/c1-13(15-7-6-14-4-2-3-5-16(14)10-15)23-20(25)12-29-21(26)18-9-8-17(24(27)28)11-19(18)22/h6-11,13H,2-5,12H2,1H3,(H,23,25). The van der Waals surface area contributed by atoms with Crippen LogP contribution in [-0.2, 0) is 22.4 Å². The number of carbonyl (C=O) groups is 2. The number of hydrogen-bond donors (Lipinski definition) is 1. The van der Waals surface area contributed by atoms with E-state index in [1.54, 1.807) is 0 Å². The summed E-state index contributed by atoms with van der Waals surface area (Å²) < 4.78 is 4.99. The number of amides is 1. The van der Waals surface area contributed by atoms with Gasteiger partial charge in [-0.05, 0) is 55.4 Å². The van der Waals surface area contributed by atoms with Crippen LogP contribution in [0.25, 0.3) is 0 Å². The lowest BCUT2D eigenvalue weighted by Gasteiger charge is -2.20. The van der Waals surface area contributed by atoms with Crippen molar-refractivity contribution >= 4 is 29.2 Å². The van der Waals surface area contributed by atoms with Crippen LogP contribution in [0.15, 0.2) is 36.4 Å². The zero-order valence-corrected chi connectivity index (χ0v) is 16.7. The molecule has 1 unspecified atom stereocenters. The number of hydrogen-bond acceptors (Lipinski definition) is 5. The summed E-state index contributed by atoms with van der Waals surface area (Å²) in [6.07, 6.45) is 4.54. The fraction of sp³-hybridized carbons (Fsp3) is 0.333. The van der Waals surface area contributed by atoms with Gasteiger partial charge in [0.1, 0.15) is 0 Å². The normalized spacial score (nSPS) is 13.9. The van der Waals surface area contributed by atoms with Crippen LogP contribution in [0.1, 0.15) is 52.9 Å². The lowest BCUT2D eigenvalue weighted by Crippen LogP contribution is -2.31. The zero-order valence-electron chi connectivity index (χ0n) is 15.9. The Hall–Kier alpha value is -2.93. The average Bonchev–Trinajstić information content (AvgIpc) is 2.71. The summed E-state index contributed by atoms with van der Waals surface area (Å²) in [5.74, 6) is -1.26. The quantitative estimate of drug-likeness (QED) is 0.433. The van der Waals surface area contributed by atoms with Crippen molar-refractivity contribution in [2.24, 2.45) is 0 Å². The molecule has 0 radical (unpaired) electrons. The summed E-state index contributed by atoms with van der Waals surface area (Å²) in [4.78, 5) is 34.4. The molecular formula is C21H21ClN2O5. The SMILES string of the molecule is CC(NC(=O)COC(=O)c1ccc([N+](=O)[O-])cc1Cl)c1ccc2c(c1)CCCC2. The summed E-state index contributed by atoms with van der Waals surface area (Å²) in [5.41, 5.74) is 3.43. The second kappa shape index (κ2) is 9.05. The molecule has 0 aliphatic heterocycles. The van der Waals surface area contributed by atoms with Gasteiger partial charge in [-0.2, -0.15) is 0 Å². The molecule has 2 aromatic carbocycles. The predicted molar refractivity (Wildman–Crippen MR) is 108 cm³/mol. The van der Waals surface area contributed by atoms with Crippen LogP contribution < -0.4 is 5.32 Å². The van der Waals surface area contributed by atoms with Crippen molar-refractivity contribution in [3.05, 3.63) is 73.8 Å². The van der Waals surface area contributed by atoms with Gasteiger partial charge in [0.25, 0.3) is 11.6 Å². The van der Waals surface area contributed by atoms with Gasteiger partial charge < -0.3 is 10.1 Å². The van der Waals surface area contributed by atoms with Gasteiger partial charge in [-0.1, -0.05) is 29.8 Å². The van der Waals surface area contributed by atoms with Crippen molar-refractivity contribution < 1.29 is 19.2 Å². The number of nitrogens with zero attached hydrogens (tertiary/aromatic N) is 1. The number of halogens is 1. The van der Waals surface area contributed by atoms with E-state index in [2.05, 4.69) is 17.4 Å². The van der Waals surface area contributed by atoms with Crippen LogP contribution >= 0.6 is 11.6 Å². The number of benzene rings is 2. The molecule has 152 valence electrons. The Morgan fingerprint density at radius 2 is 1.90 bits per heavy atom. The van der Waals surface area contributed by atoms with Crippen molar-refractivity contribution in [3.63, 3.8) is 0 Å². The first-order valence-corrected chi connectivity index (χ1v) is 9.75. The maximum Gasteiger partial charge on any atom is 0.340 e. The number of nitrogens with one attached hydrogen (secondary N) is 1. The molecule has 0 fully saturated rings. The molecule has 1 N–H and O–H groups in total. The molecule has 0 heterocycles. The molecule has 1 aliphatic rings. The van der Waals surface area contributed by atoms with Crippen LogP contribution in [0.5, 0.6) is 0 Å². The number of nitro benzene ring substituents is 1. The number of rotatable bonds is 6. The molecule has 7 nitrogen and oxygen atoms in total. The lowest BCUT2D eigenvalue weighted by atomic mass is 9.89. The topological polar surface area (TPSA) is 98.5 Å². The Kier molecular flexibility index (Phi) is 6.49. The Balaban J connectivity index is 1.55. The lowest BCUT2D eigenvalue weighted by molar-refractivity contribution is -0.384. The molecule has 3 rings (SSSR count). The van der Waals surface area contributed by atoms with Gasteiger partial charge in [0.05, 0.1) is 21.6 Å². The number of nitro groups is 1. The monoisotopic (exact) mass is 416 g/mol. The van der Waals surface area contributed by atoms with Gasteiger partial charge in [-0.3, -0.25) is 14.9 Å². The van der Waals surface area contributed by atoms with E-state index in [1.807, 2.05) is 13.0 Å². The van der Waals surface area contributed by atoms with E-state index in [1.165, 1.54) is 30.0 Å². The first-order valence-electron chi connectivity index (χ1n) is 9.37. The van der Waals surface area contributed by atoms with Crippen molar-refractivity contribution in [2.75, 3.05) is 6.61 Å². The minimum Gasteiger partial charge on any atom is -0.452 e. The molecule has 1 amide bonds. The van der Waals surface area contributed by atoms with Crippen LogP contribution in [0.3, 0.4) is 0 Å². The van der Waals surface area contributed by atoms with E-state index >= 15 is 0 Å². The van der Waals surface area contributed by atoms with Gasteiger partial charge >= 0.3 is 5.97 Å². The smallest absolute Gasteiger partial charge is 0.340 e. The van der Waals surface area contributed by atoms with Crippen LogP contribution in [0.4, 0.5) is 5.69 Å². The Morgan fingerprint density at radius 3 is 2.59 bits per heavy atom. The fourth-order valence-corrected chi connectivity index (χ4v) is 3.63. The number of carbonyl (C=O) groups excluding carboxylic acids is 2. The van der Waals surface area contributed by atoms with Crippen molar-refractivity contribution in [2.45, 2.75) is 38.6 Å². The van der Waals surface area contributed by atoms with Gasteiger partial charge in [-0.15, -0.1) is 0 Å². The first kappa shape index (κ1) is 20.8. The summed E-state index contributed by atoms with van der Waals surface area (Å²) in [6.45, 7) is 1.40. The molecule has 8 heteroatoms. The molecular weight excluding hydrogens is 396 g/mol. The van der Waals surface area contributed by atoms with Crippen LogP contribution in [0.2, 0.25) is 5.02 Å². The number of fused-ring (bicyclic) bond motifs is 1. The van der Waals surface area contributed by atoms with E-state index in [0.717, 1.165) is 30.5 Å². The summed E-state index contributed by atoms with van der Waals surface area (Å²) in [7, 11) is 0. The molecule has 29 heavy (non-hydrogen) atoms. The highest BCUT2D eigenvalue weighted by Gasteiger charge is 2.18. The highest BCUT2D eigenvalue weighted by Crippen LogP contribution is 2.25. The van der Waals surface area contributed by atoms with Crippen LogP contribution in [0, 0.1) is 10.1 Å². The average molecular weight is 417 g/mol. The van der Waals surface area contributed by atoms with Gasteiger partial charge in [-0.25, -0.2) is 4.79 Å². The first-order chi connectivity index (χ1) is 13.8. The Bertz CT molecular complexity index is 960. The third-order valence-electron chi connectivity index (χ3n) is 4.97. The van der Waals surface area contributed by atoms with Crippen molar-refractivity contribution in [1.82, 2.24) is 5.32 Å². The number of ether oxygens (including phenoxy) is 1. The fourth-order valence-electron chi connectivity index (χ4n) is 3.38. The van der Waals surface area contributed by atoms with Crippen molar-refractivity contribution in [3.8, 4) is 0 Å². The Morgan fingerprint density at radius 1 is 1.17 bits per heavy atom. The summed E-state index contributed by atoms with van der Waals surface area (Å²) in [6, 6.07) is 9.45. The highest BCUT2D eigenvalue weighted by molar-refractivity contribution is 6.33. The molecule has 0 aromatic heterocycles. The van der Waals surface area contributed by atoms with Gasteiger partial charge in [0, 0.05) is 12.1 Å². The minimum atomic E-state index is -0.818. The van der Waals surface area contributed by atoms with E-state index in [-0.39, 0.29) is 22.3 Å². The molecule has 1 aliphatic carbocycles. The molecule has 0 spiro atoms. The minimum absolute atomic E-state index is 0.0344. The van der Waals surface area contributed by atoms with E-state index in [0.29, 0.717) is 0 Å². The van der Waals surface area contributed by atoms with Crippen molar-refractivity contribution in [1.29, 1.82) is 0 Å². The third-order valence-corrected chi connectivity index (χ3v) is 5.28. The third kappa shape index (κ3) is 5.12. The summed E-state index contributed by atoms with van der Waals surface area (Å²) in [5, 5.41) is 13.4. The maximum atomic E-state index is 12.2. The number of non-ortho nitro benzene ring substituents is 1. The molecule has 0 saturated carbocycles.